The van der Waals surface area contributed by atoms with Gasteiger partial charge in [-0.05, 0) is 19.8 Å². The number of aromatic amines is 1. The van der Waals surface area contributed by atoms with Crippen molar-refractivity contribution in [2.24, 2.45) is 0 Å². The van der Waals surface area contributed by atoms with Gasteiger partial charge in [-0.1, -0.05) is 5.21 Å². The number of H-pyrrole nitrogens is 1. The Morgan fingerprint density at radius 2 is 2.57 bits per heavy atom. The Kier molecular flexibility index (Phi) is 3.05. The van der Waals surface area contributed by atoms with Gasteiger partial charge in [0.15, 0.2) is 5.82 Å². The second kappa shape index (κ2) is 4.47. The van der Waals surface area contributed by atoms with Crippen LogP contribution in [0.3, 0.4) is 0 Å². The highest BCUT2D eigenvalue weighted by Crippen LogP contribution is 2.11. The Bertz CT molecular complexity index is 257. The number of hydrogen-bond acceptors (Lipinski definition) is 5. The number of tetrazole rings is 1. The van der Waals surface area contributed by atoms with Crippen molar-refractivity contribution < 1.29 is 4.74 Å². The van der Waals surface area contributed by atoms with Gasteiger partial charge >= 0.3 is 0 Å². The van der Waals surface area contributed by atoms with Crippen LogP contribution in [0.5, 0.6) is 0 Å². The number of rotatable bonds is 3. The lowest BCUT2D eigenvalue weighted by molar-refractivity contribution is 0.0667. The molecular formula is C8H15N5O. The number of hydrogen-bond donors (Lipinski definition) is 2. The van der Waals surface area contributed by atoms with Crippen molar-refractivity contribution in [3.63, 3.8) is 0 Å². The van der Waals surface area contributed by atoms with Crippen molar-refractivity contribution in [1.82, 2.24) is 25.9 Å². The van der Waals surface area contributed by atoms with Gasteiger partial charge in [0.25, 0.3) is 0 Å². The molecule has 2 N–H and O–H groups in total. The van der Waals surface area contributed by atoms with E-state index in [1.54, 1.807) is 0 Å². The molecule has 0 bridgehead atoms. The summed E-state index contributed by atoms with van der Waals surface area (Å²) >= 11 is 0. The van der Waals surface area contributed by atoms with Crippen LogP contribution in [0.4, 0.5) is 0 Å². The third kappa shape index (κ3) is 2.27. The molecule has 1 aromatic rings. The maximum absolute atomic E-state index is 5.37. The van der Waals surface area contributed by atoms with Crippen LogP contribution >= 0.6 is 0 Å². The molecule has 14 heavy (non-hydrogen) atoms. The van der Waals surface area contributed by atoms with Gasteiger partial charge in [0, 0.05) is 12.6 Å². The predicted molar refractivity (Wildman–Crippen MR) is 49.6 cm³/mol. The third-order valence-electron chi connectivity index (χ3n) is 2.40. The summed E-state index contributed by atoms with van der Waals surface area (Å²) in [5, 5.41) is 17.2. The number of nitrogens with zero attached hydrogens (tertiary/aromatic N) is 3. The van der Waals surface area contributed by atoms with Gasteiger partial charge in [0.1, 0.15) is 0 Å². The van der Waals surface area contributed by atoms with E-state index in [4.69, 9.17) is 4.74 Å². The van der Waals surface area contributed by atoms with Crippen molar-refractivity contribution in [2.75, 3.05) is 13.2 Å². The van der Waals surface area contributed by atoms with Gasteiger partial charge in [-0.25, -0.2) is 0 Å². The molecule has 1 saturated heterocycles. The molecule has 0 spiro atoms. The molecule has 1 aliphatic heterocycles. The maximum atomic E-state index is 5.37. The first-order valence-electron chi connectivity index (χ1n) is 4.93. The van der Waals surface area contributed by atoms with E-state index in [-0.39, 0.29) is 6.04 Å². The van der Waals surface area contributed by atoms with E-state index in [0.717, 1.165) is 26.1 Å². The Morgan fingerprint density at radius 3 is 3.21 bits per heavy atom. The van der Waals surface area contributed by atoms with E-state index >= 15 is 0 Å². The van der Waals surface area contributed by atoms with E-state index in [1.807, 2.05) is 6.92 Å². The number of ether oxygens (including phenoxy) is 1. The SMILES string of the molecule is CC(NC1CCCOC1)c1nn[nH]n1. The Morgan fingerprint density at radius 1 is 1.64 bits per heavy atom. The lowest BCUT2D eigenvalue weighted by Gasteiger charge is -2.25. The molecule has 1 aromatic heterocycles. The molecule has 0 saturated carbocycles. The largest absolute Gasteiger partial charge is 0.380 e. The Labute approximate surface area is 82.4 Å². The zero-order valence-corrected chi connectivity index (χ0v) is 8.23. The first-order valence-corrected chi connectivity index (χ1v) is 4.93. The van der Waals surface area contributed by atoms with E-state index in [0.29, 0.717) is 11.9 Å². The highest BCUT2D eigenvalue weighted by atomic mass is 16.5. The summed E-state index contributed by atoms with van der Waals surface area (Å²) in [6.45, 7) is 3.69. The quantitative estimate of drug-likeness (QED) is 0.715. The molecule has 2 atom stereocenters. The van der Waals surface area contributed by atoms with Crippen LogP contribution in [0.2, 0.25) is 0 Å². The number of aromatic nitrogens is 4. The predicted octanol–water partition coefficient (Wildman–Crippen LogP) is 0.0293. The molecule has 78 valence electrons. The molecular weight excluding hydrogens is 182 g/mol. The molecule has 2 heterocycles. The van der Waals surface area contributed by atoms with E-state index < -0.39 is 0 Å². The lowest BCUT2D eigenvalue weighted by atomic mass is 10.1. The Hall–Kier alpha value is -1.01. The van der Waals surface area contributed by atoms with Crippen molar-refractivity contribution in [2.45, 2.75) is 31.8 Å². The Balaban J connectivity index is 1.84. The summed E-state index contributed by atoms with van der Waals surface area (Å²) in [6, 6.07) is 0.540. The fraction of sp³-hybridized carbons (Fsp3) is 0.875. The standard InChI is InChI=1S/C8H15N5O/c1-6(8-10-12-13-11-8)9-7-3-2-4-14-5-7/h6-7,9H,2-5H2,1H3,(H,10,11,12,13). The molecule has 1 aliphatic rings. The van der Waals surface area contributed by atoms with Gasteiger partial charge in [-0.3, -0.25) is 0 Å². The molecule has 0 radical (unpaired) electrons. The molecule has 0 amide bonds. The van der Waals surface area contributed by atoms with Crippen LogP contribution in [-0.2, 0) is 4.74 Å². The lowest BCUT2D eigenvalue weighted by Crippen LogP contribution is -2.38. The first kappa shape index (κ1) is 9.54. The van der Waals surface area contributed by atoms with E-state index in [2.05, 4.69) is 25.9 Å². The summed E-state index contributed by atoms with van der Waals surface area (Å²) in [6.07, 6.45) is 2.28. The minimum absolute atomic E-state index is 0.125. The van der Waals surface area contributed by atoms with E-state index in [9.17, 15) is 0 Å². The fourth-order valence-electron chi connectivity index (χ4n) is 1.65. The fourth-order valence-corrected chi connectivity index (χ4v) is 1.65. The molecule has 6 heteroatoms. The molecule has 1 fully saturated rings. The highest BCUT2D eigenvalue weighted by molar-refractivity contribution is 4.88. The van der Waals surface area contributed by atoms with Crippen molar-refractivity contribution in [3.8, 4) is 0 Å². The van der Waals surface area contributed by atoms with Crippen LogP contribution in [0, 0.1) is 0 Å². The van der Waals surface area contributed by atoms with Crippen molar-refractivity contribution in [1.29, 1.82) is 0 Å². The summed E-state index contributed by atoms with van der Waals surface area (Å²) < 4.78 is 5.37. The zero-order chi connectivity index (χ0) is 9.80. The zero-order valence-electron chi connectivity index (χ0n) is 8.23. The van der Waals surface area contributed by atoms with Gasteiger partial charge in [-0.2, -0.15) is 5.21 Å². The average molecular weight is 197 g/mol. The van der Waals surface area contributed by atoms with Crippen molar-refractivity contribution >= 4 is 0 Å². The topological polar surface area (TPSA) is 75.7 Å². The minimum Gasteiger partial charge on any atom is -0.380 e. The molecule has 6 nitrogen and oxygen atoms in total. The van der Waals surface area contributed by atoms with Gasteiger partial charge in [0.2, 0.25) is 0 Å². The molecule has 2 rings (SSSR count). The minimum atomic E-state index is 0.125. The van der Waals surface area contributed by atoms with Crippen LogP contribution in [-0.4, -0.2) is 39.9 Å². The van der Waals surface area contributed by atoms with Crippen LogP contribution < -0.4 is 5.32 Å². The van der Waals surface area contributed by atoms with E-state index in [1.165, 1.54) is 0 Å². The third-order valence-corrected chi connectivity index (χ3v) is 2.40. The number of nitrogens with one attached hydrogen (secondary N) is 2. The monoisotopic (exact) mass is 197 g/mol. The molecule has 0 aromatic carbocycles. The van der Waals surface area contributed by atoms with Crippen LogP contribution in [0.15, 0.2) is 0 Å². The summed E-state index contributed by atoms with van der Waals surface area (Å²) in [7, 11) is 0. The summed E-state index contributed by atoms with van der Waals surface area (Å²) in [4.78, 5) is 0. The highest BCUT2D eigenvalue weighted by Gasteiger charge is 2.18. The van der Waals surface area contributed by atoms with Crippen LogP contribution in [0.25, 0.3) is 0 Å². The van der Waals surface area contributed by atoms with Gasteiger partial charge in [-0.15, -0.1) is 10.2 Å². The maximum Gasteiger partial charge on any atom is 0.191 e. The van der Waals surface area contributed by atoms with Gasteiger partial charge in [0.05, 0.1) is 12.6 Å². The van der Waals surface area contributed by atoms with Crippen LogP contribution in [0.1, 0.15) is 31.6 Å². The smallest absolute Gasteiger partial charge is 0.191 e. The van der Waals surface area contributed by atoms with Gasteiger partial charge < -0.3 is 10.1 Å². The molecule has 0 aliphatic carbocycles. The average Bonchev–Trinajstić information content (AvgIpc) is 2.72. The van der Waals surface area contributed by atoms with Crippen molar-refractivity contribution in [3.05, 3.63) is 5.82 Å². The normalized spacial score (nSPS) is 24.8. The second-order valence-electron chi connectivity index (χ2n) is 3.57. The first-order chi connectivity index (χ1) is 6.86. The summed E-state index contributed by atoms with van der Waals surface area (Å²) in [5.74, 6) is 0.704. The second-order valence-corrected chi connectivity index (χ2v) is 3.57. The summed E-state index contributed by atoms with van der Waals surface area (Å²) in [5.41, 5.74) is 0. The molecule has 2 unspecified atom stereocenters.